The minimum Gasteiger partial charge on any atom is -0.497 e. The first-order valence-electron chi connectivity index (χ1n) is 9.22. The van der Waals surface area contributed by atoms with Gasteiger partial charge in [-0.2, -0.15) is 5.10 Å². The highest BCUT2D eigenvalue weighted by Gasteiger charge is 2.23. The lowest BCUT2D eigenvalue weighted by molar-refractivity contribution is -0.385. The summed E-state index contributed by atoms with van der Waals surface area (Å²) in [6.45, 7) is 1.54. The molecule has 32 heavy (non-hydrogen) atoms. The van der Waals surface area contributed by atoms with Gasteiger partial charge >= 0.3 is 0 Å². The molecule has 0 saturated heterocycles. The van der Waals surface area contributed by atoms with E-state index in [-0.39, 0.29) is 22.6 Å². The minimum atomic E-state index is -4.24. The number of methoxy groups -OCH3 is 1. The molecule has 0 aliphatic rings. The van der Waals surface area contributed by atoms with Crippen LogP contribution in [0, 0.1) is 15.9 Å². The Hall–Kier alpha value is -3.99. The number of sulfonamides is 1. The van der Waals surface area contributed by atoms with Crippen LogP contribution in [-0.2, 0) is 10.0 Å². The molecule has 0 aliphatic carbocycles. The molecule has 0 aliphatic heterocycles. The molecule has 0 aromatic heterocycles. The Morgan fingerprint density at radius 2 is 1.78 bits per heavy atom. The van der Waals surface area contributed by atoms with E-state index in [1.165, 1.54) is 43.5 Å². The number of nitro benzene ring substituents is 1. The highest BCUT2D eigenvalue weighted by Crippen LogP contribution is 2.29. The fourth-order valence-electron chi connectivity index (χ4n) is 2.77. The van der Waals surface area contributed by atoms with Crippen molar-refractivity contribution in [2.24, 2.45) is 5.10 Å². The monoisotopic (exact) mass is 458 g/mol. The third kappa shape index (κ3) is 5.19. The summed E-state index contributed by atoms with van der Waals surface area (Å²) in [5.74, 6) is 0.0388. The first kappa shape index (κ1) is 22.7. The van der Waals surface area contributed by atoms with Gasteiger partial charge in [0.2, 0.25) is 0 Å². The van der Waals surface area contributed by atoms with Gasteiger partial charge in [0.1, 0.15) is 16.5 Å². The van der Waals surface area contributed by atoms with Crippen LogP contribution in [0.3, 0.4) is 0 Å². The third-order valence-electron chi connectivity index (χ3n) is 4.42. The van der Waals surface area contributed by atoms with Crippen molar-refractivity contribution in [3.8, 4) is 5.75 Å². The van der Waals surface area contributed by atoms with Crippen LogP contribution in [0.5, 0.6) is 5.75 Å². The topological polar surface area (TPSA) is 123 Å². The molecule has 3 aromatic rings. The first-order chi connectivity index (χ1) is 15.2. The Bertz CT molecular complexity index is 1280. The molecule has 0 unspecified atom stereocenters. The predicted octanol–water partition coefficient (Wildman–Crippen LogP) is 4.38. The molecule has 3 aromatic carbocycles. The number of hydrogen-bond acceptors (Lipinski definition) is 7. The van der Waals surface area contributed by atoms with Gasteiger partial charge in [0.25, 0.3) is 15.7 Å². The van der Waals surface area contributed by atoms with Crippen molar-refractivity contribution in [1.82, 2.24) is 0 Å². The summed E-state index contributed by atoms with van der Waals surface area (Å²) < 4.78 is 47.4. The maximum Gasteiger partial charge on any atom is 0.270 e. The lowest BCUT2D eigenvalue weighted by Gasteiger charge is -2.13. The lowest BCUT2D eigenvalue weighted by atomic mass is 10.1. The summed E-state index contributed by atoms with van der Waals surface area (Å²) in [6, 6.07) is 15.3. The maximum atomic E-state index is 14.0. The van der Waals surface area contributed by atoms with Crippen LogP contribution in [0.25, 0.3) is 0 Å². The maximum absolute atomic E-state index is 14.0. The van der Waals surface area contributed by atoms with Gasteiger partial charge in [0.15, 0.2) is 0 Å². The highest BCUT2D eigenvalue weighted by atomic mass is 32.2. The van der Waals surface area contributed by atoms with E-state index in [1.807, 2.05) is 0 Å². The predicted molar refractivity (Wildman–Crippen MR) is 119 cm³/mol. The van der Waals surface area contributed by atoms with E-state index in [4.69, 9.17) is 4.74 Å². The molecular weight excluding hydrogens is 439 g/mol. The second kappa shape index (κ2) is 9.43. The standard InChI is InChI=1S/C21H19FN4O5S/c1-14(18-5-3-4-6-19(18)22)23-24-20-12-9-16(26(27)28)13-21(20)32(29,30)25-15-7-10-17(31-2)11-8-15/h3-13,24-25H,1-2H3. The molecule has 9 nitrogen and oxygen atoms in total. The number of non-ortho nitro benzene ring substituents is 1. The number of ether oxygens (including phenoxy) is 1. The van der Waals surface area contributed by atoms with Gasteiger partial charge in [0.05, 0.1) is 23.4 Å². The van der Waals surface area contributed by atoms with Crippen molar-refractivity contribution in [1.29, 1.82) is 0 Å². The van der Waals surface area contributed by atoms with E-state index < -0.39 is 31.3 Å². The number of anilines is 2. The number of hydrogen-bond donors (Lipinski definition) is 2. The number of halogens is 1. The Morgan fingerprint density at radius 1 is 1.09 bits per heavy atom. The third-order valence-corrected chi connectivity index (χ3v) is 5.84. The van der Waals surface area contributed by atoms with Gasteiger partial charge in [-0.15, -0.1) is 0 Å². The summed E-state index contributed by atoms with van der Waals surface area (Å²) in [5.41, 5.74) is 2.85. The van der Waals surface area contributed by atoms with E-state index in [9.17, 15) is 22.9 Å². The van der Waals surface area contributed by atoms with Crippen LogP contribution in [0.2, 0.25) is 0 Å². The van der Waals surface area contributed by atoms with E-state index in [0.717, 1.165) is 12.1 Å². The number of nitrogens with one attached hydrogen (secondary N) is 2. The second-order valence-electron chi connectivity index (χ2n) is 6.56. The molecule has 3 rings (SSSR count). The van der Waals surface area contributed by atoms with Gasteiger partial charge in [0, 0.05) is 23.4 Å². The molecule has 0 amide bonds. The van der Waals surface area contributed by atoms with Crippen LogP contribution in [-0.4, -0.2) is 26.2 Å². The molecule has 0 atom stereocenters. The smallest absolute Gasteiger partial charge is 0.270 e. The van der Waals surface area contributed by atoms with Crippen molar-refractivity contribution in [2.75, 3.05) is 17.3 Å². The molecule has 0 spiro atoms. The van der Waals surface area contributed by atoms with Gasteiger partial charge in [-0.1, -0.05) is 18.2 Å². The summed E-state index contributed by atoms with van der Waals surface area (Å²) in [4.78, 5) is 10.1. The van der Waals surface area contributed by atoms with Crippen LogP contribution >= 0.6 is 0 Å². The van der Waals surface area contributed by atoms with Gasteiger partial charge in [-0.05, 0) is 43.3 Å². The molecule has 0 radical (unpaired) electrons. The molecule has 0 fully saturated rings. The Labute approximate surface area is 183 Å². The largest absolute Gasteiger partial charge is 0.497 e. The van der Waals surface area contributed by atoms with E-state index >= 15 is 0 Å². The summed E-state index contributed by atoms with van der Waals surface area (Å²) in [5, 5.41) is 15.2. The normalized spacial score (nSPS) is 11.7. The summed E-state index contributed by atoms with van der Waals surface area (Å²) in [6.07, 6.45) is 0. The van der Waals surface area contributed by atoms with E-state index in [1.54, 1.807) is 25.1 Å². The van der Waals surface area contributed by atoms with E-state index in [2.05, 4.69) is 15.2 Å². The van der Waals surface area contributed by atoms with Crippen molar-refractivity contribution in [2.45, 2.75) is 11.8 Å². The summed E-state index contributed by atoms with van der Waals surface area (Å²) >= 11 is 0. The molecular formula is C21H19FN4O5S. The zero-order valence-electron chi connectivity index (χ0n) is 17.1. The summed E-state index contributed by atoms with van der Waals surface area (Å²) in [7, 11) is -2.77. The van der Waals surface area contributed by atoms with Gasteiger partial charge < -0.3 is 4.74 Å². The molecule has 0 saturated carbocycles. The molecule has 11 heteroatoms. The van der Waals surface area contributed by atoms with Crippen LogP contribution < -0.4 is 14.9 Å². The second-order valence-corrected chi connectivity index (χ2v) is 8.21. The fraction of sp³-hybridized carbons (Fsp3) is 0.0952. The average Bonchev–Trinajstić information content (AvgIpc) is 2.78. The van der Waals surface area contributed by atoms with Gasteiger partial charge in [-0.25, -0.2) is 12.8 Å². The molecule has 0 heterocycles. The number of nitrogens with zero attached hydrogens (tertiary/aromatic N) is 2. The minimum absolute atomic E-state index is 0.0210. The lowest BCUT2D eigenvalue weighted by Crippen LogP contribution is -2.15. The zero-order valence-corrected chi connectivity index (χ0v) is 17.9. The van der Waals surface area contributed by atoms with Crippen molar-refractivity contribution in [3.63, 3.8) is 0 Å². The number of rotatable bonds is 8. The Morgan fingerprint density at radius 3 is 2.41 bits per heavy atom. The SMILES string of the molecule is COc1ccc(NS(=O)(=O)c2cc([N+](=O)[O-])ccc2NN=C(C)c2ccccc2F)cc1. The van der Waals surface area contributed by atoms with Crippen molar-refractivity contribution >= 4 is 32.8 Å². The number of benzene rings is 3. The first-order valence-corrected chi connectivity index (χ1v) is 10.7. The highest BCUT2D eigenvalue weighted by molar-refractivity contribution is 7.92. The van der Waals surface area contributed by atoms with Crippen molar-refractivity contribution < 1.29 is 22.5 Å². The number of nitro groups is 1. The number of hydrazone groups is 1. The fourth-order valence-corrected chi connectivity index (χ4v) is 4.00. The van der Waals surface area contributed by atoms with Crippen LogP contribution in [0.15, 0.2) is 76.7 Å². The van der Waals surface area contributed by atoms with Crippen LogP contribution in [0.4, 0.5) is 21.5 Å². The van der Waals surface area contributed by atoms with Crippen LogP contribution in [0.1, 0.15) is 12.5 Å². The van der Waals surface area contributed by atoms with Gasteiger partial charge in [-0.3, -0.25) is 20.3 Å². The molecule has 0 bridgehead atoms. The van der Waals surface area contributed by atoms with Crippen molar-refractivity contribution in [3.05, 3.63) is 88.2 Å². The Balaban J connectivity index is 1.97. The Kier molecular flexibility index (Phi) is 6.69. The molecule has 166 valence electrons. The zero-order chi connectivity index (χ0) is 23.3. The van der Waals surface area contributed by atoms with E-state index in [0.29, 0.717) is 5.75 Å². The average molecular weight is 458 g/mol. The quantitative estimate of drug-likeness (QED) is 0.293. The molecule has 2 N–H and O–H groups in total.